The molecular formula is C38H31N5O. The summed E-state index contributed by atoms with van der Waals surface area (Å²) in [5.41, 5.74) is 6.57. The lowest BCUT2D eigenvalue weighted by atomic mass is 9.88. The third-order valence-corrected chi connectivity index (χ3v) is 8.22. The van der Waals surface area contributed by atoms with Crippen LogP contribution in [0.15, 0.2) is 134 Å². The van der Waals surface area contributed by atoms with Crippen LogP contribution in [0.2, 0.25) is 0 Å². The molecule has 0 saturated heterocycles. The van der Waals surface area contributed by atoms with Gasteiger partial charge in [0, 0.05) is 53.3 Å². The van der Waals surface area contributed by atoms with Crippen molar-refractivity contribution in [1.29, 1.82) is 0 Å². The Labute approximate surface area is 255 Å². The molecule has 4 aromatic heterocycles. The van der Waals surface area contributed by atoms with Gasteiger partial charge in [-0.05, 0) is 53.4 Å². The standard InChI is InChI=1S/C38H31N5O/c1-38(2,3)27-18-19-39-36(22-27)43-33-15-8-7-14-31(33)32-17-16-30(24-34(32)43)44-29-13-9-12-28(23-29)42-35(26-10-5-4-6-11-26)25-41-21-20-40-37(41)42/h4-25H,1-3H3. The van der Waals surface area contributed by atoms with Gasteiger partial charge in [-0.1, -0.05) is 75.4 Å². The smallest absolute Gasteiger partial charge is 0.219 e. The summed E-state index contributed by atoms with van der Waals surface area (Å²) in [6.07, 6.45) is 7.81. The minimum absolute atomic E-state index is 0.0117. The molecule has 0 N–H and O–H groups in total. The van der Waals surface area contributed by atoms with Crippen LogP contribution in [0.1, 0.15) is 26.3 Å². The third kappa shape index (κ3) is 4.34. The number of rotatable bonds is 5. The Kier molecular flexibility index (Phi) is 5.91. The van der Waals surface area contributed by atoms with E-state index in [0.717, 1.165) is 56.5 Å². The molecule has 0 bridgehead atoms. The second-order valence-electron chi connectivity index (χ2n) is 12.1. The van der Waals surface area contributed by atoms with Crippen LogP contribution in [-0.4, -0.2) is 23.5 Å². The lowest BCUT2D eigenvalue weighted by Crippen LogP contribution is -2.12. The molecule has 8 aromatic rings. The Morgan fingerprint density at radius 1 is 0.636 bits per heavy atom. The highest BCUT2D eigenvalue weighted by molar-refractivity contribution is 6.09. The molecule has 8 rings (SSSR count). The first kappa shape index (κ1) is 26.0. The number of fused-ring (bicyclic) bond motifs is 4. The van der Waals surface area contributed by atoms with Gasteiger partial charge in [0.1, 0.15) is 17.3 Å². The summed E-state index contributed by atoms with van der Waals surface area (Å²) < 4.78 is 13.0. The molecule has 0 unspecified atom stereocenters. The van der Waals surface area contributed by atoms with Crippen molar-refractivity contribution < 1.29 is 4.74 Å². The van der Waals surface area contributed by atoms with Crippen LogP contribution in [0.4, 0.5) is 0 Å². The van der Waals surface area contributed by atoms with Crippen molar-refractivity contribution in [2.75, 3.05) is 0 Å². The molecule has 6 heteroatoms. The van der Waals surface area contributed by atoms with Crippen LogP contribution in [0.25, 0.3) is 50.3 Å². The number of para-hydroxylation sites is 1. The Balaban J connectivity index is 1.23. The number of aromatic nitrogens is 5. The second kappa shape index (κ2) is 9.99. The summed E-state index contributed by atoms with van der Waals surface area (Å²) in [5, 5.41) is 2.34. The Bertz CT molecular complexity index is 2300. The van der Waals surface area contributed by atoms with E-state index in [9.17, 15) is 0 Å². The monoisotopic (exact) mass is 573 g/mol. The van der Waals surface area contributed by atoms with Gasteiger partial charge in [0.15, 0.2) is 0 Å². The number of hydrogen-bond donors (Lipinski definition) is 0. The van der Waals surface area contributed by atoms with Crippen molar-refractivity contribution in [1.82, 2.24) is 23.5 Å². The molecule has 0 saturated carbocycles. The fourth-order valence-electron chi connectivity index (χ4n) is 6.03. The van der Waals surface area contributed by atoms with Crippen LogP contribution in [0.5, 0.6) is 11.5 Å². The summed E-state index contributed by atoms with van der Waals surface area (Å²) in [4.78, 5) is 9.46. The summed E-state index contributed by atoms with van der Waals surface area (Å²) in [6.45, 7) is 6.68. The van der Waals surface area contributed by atoms with E-state index in [1.807, 2.05) is 47.3 Å². The van der Waals surface area contributed by atoms with Crippen LogP contribution in [0.3, 0.4) is 0 Å². The van der Waals surface area contributed by atoms with Gasteiger partial charge >= 0.3 is 0 Å². The van der Waals surface area contributed by atoms with Crippen molar-refractivity contribution in [3.8, 4) is 34.3 Å². The second-order valence-corrected chi connectivity index (χ2v) is 12.1. The largest absolute Gasteiger partial charge is 0.457 e. The Morgan fingerprint density at radius 2 is 1.43 bits per heavy atom. The predicted octanol–water partition coefficient (Wildman–Crippen LogP) is 9.37. The number of pyridine rings is 1. The zero-order valence-electron chi connectivity index (χ0n) is 24.8. The topological polar surface area (TPSA) is 49.3 Å². The molecule has 4 heterocycles. The molecule has 4 aromatic carbocycles. The van der Waals surface area contributed by atoms with Gasteiger partial charge in [-0.3, -0.25) is 13.5 Å². The quantitative estimate of drug-likeness (QED) is 0.206. The highest BCUT2D eigenvalue weighted by atomic mass is 16.5. The van der Waals surface area contributed by atoms with E-state index in [4.69, 9.17) is 9.72 Å². The first-order valence-corrected chi connectivity index (χ1v) is 14.8. The lowest BCUT2D eigenvalue weighted by molar-refractivity contribution is 0.483. The van der Waals surface area contributed by atoms with Gasteiger partial charge in [0.2, 0.25) is 5.78 Å². The fourth-order valence-corrected chi connectivity index (χ4v) is 6.03. The van der Waals surface area contributed by atoms with Gasteiger partial charge in [0.05, 0.1) is 22.4 Å². The highest BCUT2D eigenvalue weighted by Crippen LogP contribution is 2.36. The average Bonchev–Trinajstić information content (AvgIpc) is 3.73. The molecule has 0 aliphatic rings. The predicted molar refractivity (Wildman–Crippen MR) is 177 cm³/mol. The molecule has 0 aliphatic carbocycles. The molecule has 214 valence electrons. The van der Waals surface area contributed by atoms with Crippen molar-refractivity contribution >= 4 is 27.6 Å². The van der Waals surface area contributed by atoms with Crippen molar-refractivity contribution in [3.63, 3.8) is 0 Å². The Hall–Kier alpha value is -5.62. The van der Waals surface area contributed by atoms with Gasteiger partial charge in [-0.2, -0.15) is 0 Å². The fraction of sp³-hybridized carbons (Fsp3) is 0.105. The van der Waals surface area contributed by atoms with E-state index < -0.39 is 0 Å². The summed E-state index contributed by atoms with van der Waals surface area (Å²) >= 11 is 0. The van der Waals surface area contributed by atoms with Gasteiger partial charge in [0.25, 0.3) is 0 Å². The maximum Gasteiger partial charge on any atom is 0.219 e. The average molecular weight is 574 g/mol. The summed E-state index contributed by atoms with van der Waals surface area (Å²) in [6, 6.07) is 37.6. The summed E-state index contributed by atoms with van der Waals surface area (Å²) in [5.74, 6) is 3.24. The maximum absolute atomic E-state index is 6.55. The first-order chi connectivity index (χ1) is 21.4. The minimum atomic E-state index is 0.0117. The maximum atomic E-state index is 6.55. The molecule has 0 amide bonds. The van der Waals surface area contributed by atoms with Crippen LogP contribution >= 0.6 is 0 Å². The molecule has 44 heavy (non-hydrogen) atoms. The number of nitrogens with zero attached hydrogens (tertiary/aromatic N) is 5. The van der Waals surface area contributed by atoms with Crippen molar-refractivity contribution in [2.45, 2.75) is 26.2 Å². The normalized spacial score (nSPS) is 12.0. The van der Waals surface area contributed by atoms with Gasteiger partial charge < -0.3 is 4.74 Å². The third-order valence-electron chi connectivity index (χ3n) is 8.22. The zero-order chi connectivity index (χ0) is 29.8. The first-order valence-electron chi connectivity index (χ1n) is 14.8. The number of benzene rings is 4. The van der Waals surface area contributed by atoms with Crippen LogP contribution < -0.4 is 4.74 Å². The molecule has 0 atom stereocenters. The zero-order valence-corrected chi connectivity index (χ0v) is 24.8. The van der Waals surface area contributed by atoms with Crippen LogP contribution in [-0.2, 0) is 5.41 Å². The highest BCUT2D eigenvalue weighted by Gasteiger charge is 2.19. The molecule has 0 aliphatic heterocycles. The van der Waals surface area contributed by atoms with Gasteiger partial charge in [-0.25, -0.2) is 9.97 Å². The van der Waals surface area contributed by atoms with E-state index in [1.54, 1.807) is 0 Å². The van der Waals surface area contributed by atoms with Gasteiger partial charge in [-0.15, -0.1) is 0 Å². The molecule has 0 fully saturated rings. The van der Waals surface area contributed by atoms with Crippen LogP contribution in [0, 0.1) is 0 Å². The number of ether oxygens (including phenoxy) is 1. The summed E-state index contributed by atoms with van der Waals surface area (Å²) in [7, 11) is 0. The minimum Gasteiger partial charge on any atom is -0.457 e. The molecule has 0 spiro atoms. The van der Waals surface area contributed by atoms with E-state index in [0.29, 0.717) is 0 Å². The van der Waals surface area contributed by atoms with E-state index >= 15 is 0 Å². The Morgan fingerprint density at radius 3 is 2.30 bits per heavy atom. The SMILES string of the molecule is CC(C)(C)c1ccnc(-n2c3ccccc3c3ccc(Oc4cccc(-n5c(-c6ccccc6)cn6ccnc56)c4)cc32)c1. The van der Waals surface area contributed by atoms with Crippen molar-refractivity contribution in [3.05, 3.63) is 140 Å². The number of imidazole rings is 2. The molecule has 0 radical (unpaired) electrons. The van der Waals surface area contributed by atoms with Crippen molar-refractivity contribution in [2.24, 2.45) is 0 Å². The van der Waals surface area contributed by atoms with E-state index in [1.165, 1.54) is 10.9 Å². The molecular weight excluding hydrogens is 542 g/mol. The van der Waals surface area contributed by atoms with E-state index in [-0.39, 0.29) is 5.41 Å². The number of hydrogen-bond acceptors (Lipinski definition) is 3. The molecule has 6 nitrogen and oxygen atoms in total. The van der Waals surface area contributed by atoms with E-state index in [2.05, 4.69) is 126 Å². The lowest BCUT2D eigenvalue weighted by Gasteiger charge is -2.20.